The fourth-order valence-corrected chi connectivity index (χ4v) is 3.62. The SMILES string of the molecule is CCN(c1cc(C2CNC2)cc(C(=O)O)c1C)C1CCOCC1. The number of ether oxygens (including phenoxy) is 1. The number of hydrogen-bond donors (Lipinski definition) is 2. The van der Waals surface area contributed by atoms with E-state index in [4.69, 9.17) is 4.74 Å². The van der Waals surface area contributed by atoms with E-state index in [-0.39, 0.29) is 0 Å². The molecule has 0 radical (unpaired) electrons. The maximum atomic E-state index is 11.7. The minimum atomic E-state index is -0.832. The van der Waals surface area contributed by atoms with E-state index in [1.165, 1.54) is 0 Å². The molecule has 0 amide bonds. The van der Waals surface area contributed by atoms with Gasteiger partial charge in [-0.15, -0.1) is 0 Å². The first-order valence-corrected chi connectivity index (χ1v) is 8.54. The van der Waals surface area contributed by atoms with Gasteiger partial charge in [0.05, 0.1) is 5.56 Å². The molecule has 1 aromatic rings. The van der Waals surface area contributed by atoms with Crippen LogP contribution in [0.4, 0.5) is 5.69 Å². The predicted octanol–water partition coefficient (Wildman–Crippen LogP) is 2.39. The highest BCUT2D eigenvalue weighted by atomic mass is 16.5. The average molecular weight is 318 g/mol. The van der Waals surface area contributed by atoms with E-state index in [9.17, 15) is 9.90 Å². The zero-order valence-electron chi connectivity index (χ0n) is 14.0. The lowest BCUT2D eigenvalue weighted by atomic mass is 9.89. The first kappa shape index (κ1) is 16.3. The van der Waals surface area contributed by atoms with Gasteiger partial charge in [0.25, 0.3) is 0 Å². The smallest absolute Gasteiger partial charge is 0.336 e. The Morgan fingerprint density at radius 2 is 2.04 bits per heavy atom. The molecule has 0 bridgehead atoms. The molecule has 2 N–H and O–H groups in total. The van der Waals surface area contributed by atoms with Crippen LogP contribution >= 0.6 is 0 Å². The number of carboxylic acids is 1. The molecule has 0 unspecified atom stereocenters. The minimum Gasteiger partial charge on any atom is -0.478 e. The van der Waals surface area contributed by atoms with Crippen molar-refractivity contribution in [2.75, 3.05) is 37.7 Å². The van der Waals surface area contributed by atoms with Crippen LogP contribution in [-0.2, 0) is 4.74 Å². The molecule has 23 heavy (non-hydrogen) atoms. The van der Waals surface area contributed by atoms with Crippen LogP contribution in [-0.4, -0.2) is 50.0 Å². The summed E-state index contributed by atoms with van der Waals surface area (Å²) in [6.07, 6.45) is 2.01. The summed E-state index contributed by atoms with van der Waals surface area (Å²) in [6, 6.07) is 4.51. The van der Waals surface area contributed by atoms with Gasteiger partial charge in [-0.05, 0) is 49.9 Å². The summed E-state index contributed by atoms with van der Waals surface area (Å²) < 4.78 is 5.48. The Bertz CT molecular complexity index is 578. The van der Waals surface area contributed by atoms with E-state index in [1.54, 1.807) is 0 Å². The molecule has 0 atom stereocenters. The molecule has 2 fully saturated rings. The van der Waals surface area contributed by atoms with Crippen molar-refractivity contribution in [3.8, 4) is 0 Å². The van der Waals surface area contributed by atoms with Crippen molar-refractivity contribution >= 4 is 11.7 Å². The third-order valence-corrected chi connectivity index (χ3v) is 5.17. The van der Waals surface area contributed by atoms with Crippen molar-refractivity contribution in [3.63, 3.8) is 0 Å². The molecular weight excluding hydrogens is 292 g/mol. The lowest BCUT2D eigenvalue weighted by Crippen LogP contribution is -2.41. The first-order chi connectivity index (χ1) is 11.1. The summed E-state index contributed by atoms with van der Waals surface area (Å²) in [5.41, 5.74) is 3.55. The molecule has 2 heterocycles. The first-order valence-electron chi connectivity index (χ1n) is 8.54. The number of benzene rings is 1. The largest absolute Gasteiger partial charge is 0.478 e. The summed E-state index contributed by atoms with van der Waals surface area (Å²) in [5, 5.41) is 12.9. The molecule has 126 valence electrons. The van der Waals surface area contributed by atoms with Crippen molar-refractivity contribution in [2.24, 2.45) is 0 Å². The Labute approximate surface area is 137 Å². The van der Waals surface area contributed by atoms with E-state index in [0.717, 1.165) is 62.5 Å². The highest BCUT2D eigenvalue weighted by Crippen LogP contribution is 2.33. The van der Waals surface area contributed by atoms with Crippen LogP contribution < -0.4 is 10.2 Å². The molecule has 0 saturated carbocycles. The molecule has 1 aromatic carbocycles. The summed E-state index contributed by atoms with van der Waals surface area (Å²) in [4.78, 5) is 14.1. The molecule has 5 heteroatoms. The Kier molecular flexibility index (Phi) is 4.87. The molecule has 0 aromatic heterocycles. The van der Waals surface area contributed by atoms with Crippen LogP contribution in [0.15, 0.2) is 12.1 Å². The highest BCUT2D eigenvalue weighted by Gasteiger charge is 2.27. The number of anilines is 1. The highest BCUT2D eigenvalue weighted by molar-refractivity contribution is 5.92. The van der Waals surface area contributed by atoms with E-state index in [2.05, 4.69) is 23.2 Å². The Hall–Kier alpha value is -1.59. The predicted molar refractivity (Wildman–Crippen MR) is 90.6 cm³/mol. The van der Waals surface area contributed by atoms with Crippen LogP contribution in [0.2, 0.25) is 0 Å². The lowest BCUT2D eigenvalue weighted by molar-refractivity contribution is 0.0695. The second-order valence-electron chi connectivity index (χ2n) is 6.50. The zero-order valence-corrected chi connectivity index (χ0v) is 14.0. The van der Waals surface area contributed by atoms with Crippen molar-refractivity contribution in [1.29, 1.82) is 0 Å². The zero-order chi connectivity index (χ0) is 16.4. The van der Waals surface area contributed by atoms with Gasteiger partial charge >= 0.3 is 5.97 Å². The lowest BCUT2D eigenvalue weighted by Gasteiger charge is -2.37. The van der Waals surface area contributed by atoms with Gasteiger partial charge in [0.1, 0.15) is 0 Å². The normalized spacial score (nSPS) is 19.4. The maximum absolute atomic E-state index is 11.7. The van der Waals surface area contributed by atoms with Gasteiger partial charge in [-0.2, -0.15) is 0 Å². The molecule has 0 spiro atoms. The summed E-state index contributed by atoms with van der Waals surface area (Å²) in [6.45, 7) is 8.42. The van der Waals surface area contributed by atoms with Crippen LogP contribution in [0.3, 0.4) is 0 Å². The molecule has 5 nitrogen and oxygen atoms in total. The second kappa shape index (κ2) is 6.89. The Morgan fingerprint density at radius 3 is 2.57 bits per heavy atom. The van der Waals surface area contributed by atoms with E-state index in [1.807, 2.05) is 13.0 Å². The Morgan fingerprint density at radius 1 is 1.35 bits per heavy atom. The third-order valence-electron chi connectivity index (χ3n) is 5.17. The second-order valence-corrected chi connectivity index (χ2v) is 6.50. The molecule has 2 aliphatic rings. The summed E-state index contributed by atoms with van der Waals surface area (Å²) >= 11 is 0. The van der Waals surface area contributed by atoms with Gasteiger partial charge in [0.2, 0.25) is 0 Å². The van der Waals surface area contributed by atoms with Gasteiger partial charge in [-0.1, -0.05) is 0 Å². The molecule has 2 saturated heterocycles. The van der Waals surface area contributed by atoms with E-state index >= 15 is 0 Å². The molecule has 0 aliphatic carbocycles. The number of carbonyl (C=O) groups is 1. The van der Waals surface area contributed by atoms with Crippen LogP contribution in [0.5, 0.6) is 0 Å². The number of nitrogens with one attached hydrogen (secondary N) is 1. The molecule has 2 aliphatic heterocycles. The van der Waals surface area contributed by atoms with Gasteiger partial charge in [-0.25, -0.2) is 4.79 Å². The number of aromatic carboxylic acids is 1. The fourth-order valence-electron chi connectivity index (χ4n) is 3.62. The topological polar surface area (TPSA) is 61.8 Å². The molecular formula is C18H26N2O3. The van der Waals surface area contributed by atoms with Gasteiger partial charge in [0.15, 0.2) is 0 Å². The van der Waals surface area contributed by atoms with Crippen LogP contribution in [0.1, 0.15) is 47.2 Å². The monoisotopic (exact) mass is 318 g/mol. The summed E-state index contributed by atoms with van der Waals surface area (Å²) in [5.74, 6) is -0.401. The summed E-state index contributed by atoms with van der Waals surface area (Å²) in [7, 11) is 0. The van der Waals surface area contributed by atoms with E-state index in [0.29, 0.717) is 17.5 Å². The molecule has 3 rings (SSSR count). The van der Waals surface area contributed by atoms with Crippen molar-refractivity contribution in [3.05, 3.63) is 28.8 Å². The average Bonchev–Trinajstić information content (AvgIpc) is 2.49. The quantitative estimate of drug-likeness (QED) is 0.873. The number of rotatable bonds is 5. The third kappa shape index (κ3) is 3.21. The Balaban J connectivity index is 2.00. The number of hydrogen-bond acceptors (Lipinski definition) is 4. The minimum absolute atomic E-state index is 0.431. The van der Waals surface area contributed by atoms with Crippen molar-refractivity contribution < 1.29 is 14.6 Å². The van der Waals surface area contributed by atoms with Crippen molar-refractivity contribution in [2.45, 2.75) is 38.6 Å². The van der Waals surface area contributed by atoms with Gasteiger partial charge in [-0.3, -0.25) is 0 Å². The fraction of sp³-hybridized carbons (Fsp3) is 0.611. The van der Waals surface area contributed by atoms with Crippen molar-refractivity contribution in [1.82, 2.24) is 5.32 Å². The van der Waals surface area contributed by atoms with E-state index < -0.39 is 5.97 Å². The van der Waals surface area contributed by atoms with Gasteiger partial charge in [0, 0.05) is 50.5 Å². The van der Waals surface area contributed by atoms with Crippen LogP contribution in [0, 0.1) is 6.92 Å². The number of carboxylic acid groups (broad SMARTS) is 1. The van der Waals surface area contributed by atoms with Gasteiger partial charge < -0.3 is 20.1 Å². The maximum Gasteiger partial charge on any atom is 0.336 e. The number of nitrogens with zero attached hydrogens (tertiary/aromatic N) is 1. The standard InChI is InChI=1S/C18H26N2O3/c1-3-20(15-4-6-23-7-5-15)17-9-13(14-10-19-11-14)8-16(12(17)2)18(21)22/h8-9,14-15,19H,3-7,10-11H2,1-2H3,(H,21,22). The van der Waals surface area contributed by atoms with Crippen LogP contribution in [0.25, 0.3) is 0 Å².